The Kier molecular flexibility index (Phi) is 4.23. The first kappa shape index (κ1) is 12.1. The molecular formula is C10H19N3OSi. The van der Waals surface area contributed by atoms with Crippen LogP contribution < -0.4 is 0 Å². The van der Waals surface area contributed by atoms with Crippen molar-refractivity contribution < 1.29 is 5.11 Å². The molecule has 0 amide bonds. The lowest BCUT2D eigenvalue weighted by molar-refractivity contribution is 0.0787. The smallest absolute Gasteiger partial charge is 0.148 e. The molecule has 1 unspecified atom stereocenters. The lowest BCUT2D eigenvalue weighted by Gasteiger charge is -2.18. The maximum absolute atomic E-state index is 9.73. The SMILES string of the molecule is C=C[Si](C)(C)CCCC(O)n1ccnn1. The van der Waals surface area contributed by atoms with Crippen molar-refractivity contribution in [2.45, 2.75) is 38.2 Å². The third-order valence-corrected chi connectivity index (χ3v) is 5.33. The normalized spacial score (nSPS) is 13.8. The molecule has 0 spiro atoms. The number of hydrogen-bond acceptors (Lipinski definition) is 3. The van der Waals surface area contributed by atoms with E-state index >= 15 is 0 Å². The van der Waals surface area contributed by atoms with Crippen molar-refractivity contribution in [1.82, 2.24) is 15.0 Å². The van der Waals surface area contributed by atoms with Crippen molar-refractivity contribution >= 4 is 8.07 Å². The van der Waals surface area contributed by atoms with Crippen molar-refractivity contribution in [1.29, 1.82) is 0 Å². The highest BCUT2D eigenvalue weighted by Crippen LogP contribution is 2.18. The van der Waals surface area contributed by atoms with Crippen LogP contribution in [0.4, 0.5) is 0 Å². The summed E-state index contributed by atoms with van der Waals surface area (Å²) in [6, 6.07) is 1.16. The van der Waals surface area contributed by atoms with Crippen LogP contribution in [-0.2, 0) is 0 Å². The molecule has 0 aliphatic carbocycles. The fraction of sp³-hybridized carbons (Fsp3) is 0.600. The van der Waals surface area contributed by atoms with Gasteiger partial charge in [0.1, 0.15) is 6.23 Å². The first-order valence-corrected chi connectivity index (χ1v) is 8.51. The number of aliphatic hydroxyl groups is 1. The summed E-state index contributed by atoms with van der Waals surface area (Å²) in [5, 5.41) is 17.1. The van der Waals surface area contributed by atoms with Crippen LogP contribution in [0.3, 0.4) is 0 Å². The standard InChI is InChI=1S/C10H19N3OSi/c1-4-15(2,3)9-5-6-10(14)13-8-7-11-12-13/h4,7-8,10,14H,1,5-6,9H2,2-3H3. The molecule has 0 bridgehead atoms. The largest absolute Gasteiger partial charge is 0.372 e. The first-order valence-electron chi connectivity index (χ1n) is 5.22. The molecular weight excluding hydrogens is 206 g/mol. The van der Waals surface area contributed by atoms with Crippen molar-refractivity contribution in [2.24, 2.45) is 0 Å². The Morgan fingerprint density at radius 3 is 2.87 bits per heavy atom. The minimum Gasteiger partial charge on any atom is -0.372 e. The van der Waals surface area contributed by atoms with Crippen molar-refractivity contribution in [3.8, 4) is 0 Å². The Balaban J connectivity index is 2.29. The zero-order chi connectivity index (χ0) is 11.3. The molecule has 4 nitrogen and oxygen atoms in total. The molecule has 1 aromatic rings. The Bertz CT molecular complexity index is 298. The summed E-state index contributed by atoms with van der Waals surface area (Å²) in [6.45, 7) is 8.41. The third-order valence-electron chi connectivity index (χ3n) is 2.58. The molecule has 1 rings (SSSR count). The molecule has 0 aliphatic rings. The van der Waals surface area contributed by atoms with Gasteiger partial charge in [0, 0.05) is 6.20 Å². The Morgan fingerprint density at radius 2 is 2.33 bits per heavy atom. The van der Waals surface area contributed by atoms with Crippen LogP contribution in [0.5, 0.6) is 0 Å². The number of rotatable bonds is 6. The van der Waals surface area contributed by atoms with Gasteiger partial charge in [-0.1, -0.05) is 30.8 Å². The molecule has 5 heteroatoms. The predicted molar refractivity (Wildman–Crippen MR) is 63.0 cm³/mol. The topological polar surface area (TPSA) is 50.9 Å². The molecule has 15 heavy (non-hydrogen) atoms. The van der Waals surface area contributed by atoms with Crippen molar-refractivity contribution in [2.75, 3.05) is 0 Å². The molecule has 84 valence electrons. The summed E-state index contributed by atoms with van der Waals surface area (Å²) < 4.78 is 1.49. The highest BCUT2D eigenvalue weighted by Gasteiger charge is 2.16. The van der Waals surface area contributed by atoms with Gasteiger partial charge in [0.15, 0.2) is 0 Å². The maximum atomic E-state index is 9.73. The third kappa shape index (κ3) is 3.97. The fourth-order valence-electron chi connectivity index (χ4n) is 1.35. The molecule has 0 radical (unpaired) electrons. The second-order valence-corrected chi connectivity index (χ2v) is 9.33. The van der Waals surface area contributed by atoms with E-state index in [-0.39, 0.29) is 0 Å². The van der Waals surface area contributed by atoms with E-state index in [0.717, 1.165) is 18.9 Å². The molecule has 1 aromatic heterocycles. The van der Waals surface area contributed by atoms with E-state index in [0.29, 0.717) is 0 Å². The molecule has 1 N–H and O–H groups in total. The van der Waals surface area contributed by atoms with Gasteiger partial charge >= 0.3 is 0 Å². The van der Waals surface area contributed by atoms with Crippen LogP contribution in [-0.4, -0.2) is 28.2 Å². The maximum Gasteiger partial charge on any atom is 0.148 e. The van der Waals surface area contributed by atoms with Gasteiger partial charge in [-0.15, -0.1) is 17.4 Å². The Hall–Kier alpha value is -0.943. The average molecular weight is 225 g/mol. The van der Waals surface area contributed by atoms with Gasteiger partial charge in [-0.2, -0.15) is 0 Å². The summed E-state index contributed by atoms with van der Waals surface area (Å²) in [5.41, 5.74) is 2.09. The molecule has 1 heterocycles. The lowest BCUT2D eigenvalue weighted by atomic mass is 10.3. The van der Waals surface area contributed by atoms with Gasteiger partial charge in [0.25, 0.3) is 0 Å². The lowest BCUT2D eigenvalue weighted by Crippen LogP contribution is -2.22. The summed E-state index contributed by atoms with van der Waals surface area (Å²) >= 11 is 0. The van der Waals surface area contributed by atoms with Crippen molar-refractivity contribution in [3.05, 3.63) is 24.7 Å². The van der Waals surface area contributed by atoms with Crippen LogP contribution in [0.15, 0.2) is 24.7 Å². The van der Waals surface area contributed by atoms with Gasteiger partial charge in [-0.3, -0.25) is 0 Å². The van der Waals surface area contributed by atoms with E-state index in [9.17, 15) is 5.11 Å². The van der Waals surface area contributed by atoms with Gasteiger partial charge < -0.3 is 5.11 Å². The number of aliphatic hydroxyl groups excluding tert-OH is 1. The molecule has 0 saturated carbocycles. The summed E-state index contributed by atoms with van der Waals surface area (Å²) in [7, 11) is -1.22. The molecule has 1 atom stereocenters. The molecule has 0 saturated heterocycles. The summed E-state index contributed by atoms with van der Waals surface area (Å²) in [6.07, 6.45) is 4.45. The summed E-state index contributed by atoms with van der Waals surface area (Å²) in [5.74, 6) is 0. The Labute approximate surface area is 91.6 Å². The second-order valence-electron chi connectivity index (χ2n) is 4.45. The van der Waals surface area contributed by atoms with Crippen LogP contribution in [0.1, 0.15) is 19.1 Å². The van der Waals surface area contributed by atoms with Gasteiger partial charge in [-0.25, -0.2) is 4.68 Å². The van der Waals surface area contributed by atoms with Crippen LogP contribution in [0, 0.1) is 0 Å². The van der Waals surface area contributed by atoms with Crippen LogP contribution in [0.2, 0.25) is 19.1 Å². The average Bonchev–Trinajstić information content (AvgIpc) is 2.70. The van der Waals surface area contributed by atoms with Gasteiger partial charge in [-0.05, 0) is 6.42 Å². The zero-order valence-electron chi connectivity index (χ0n) is 9.43. The minimum absolute atomic E-state index is 0.540. The molecule has 0 fully saturated rings. The molecule has 0 aromatic carbocycles. The zero-order valence-corrected chi connectivity index (χ0v) is 10.4. The van der Waals surface area contributed by atoms with Gasteiger partial charge in [0.05, 0.1) is 14.3 Å². The second kappa shape index (κ2) is 5.23. The fourth-order valence-corrected chi connectivity index (χ4v) is 2.67. The van der Waals surface area contributed by atoms with Crippen LogP contribution >= 0.6 is 0 Å². The number of nitrogens with zero attached hydrogens (tertiary/aromatic N) is 3. The van der Waals surface area contributed by atoms with Crippen molar-refractivity contribution in [3.63, 3.8) is 0 Å². The molecule has 0 aliphatic heterocycles. The predicted octanol–water partition coefficient (Wildman–Crippen LogP) is 1.98. The number of aromatic nitrogens is 3. The van der Waals surface area contributed by atoms with E-state index in [1.165, 1.54) is 4.68 Å². The highest BCUT2D eigenvalue weighted by molar-refractivity contribution is 6.82. The van der Waals surface area contributed by atoms with Gasteiger partial charge in [0.2, 0.25) is 0 Å². The number of hydrogen-bond donors (Lipinski definition) is 1. The van der Waals surface area contributed by atoms with E-state index in [4.69, 9.17) is 0 Å². The monoisotopic (exact) mass is 225 g/mol. The summed E-state index contributed by atoms with van der Waals surface area (Å²) in [4.78, 5) is 0. The van der Waals surface area contributed by atoms with E-state index < -0.39 is 14.3 Å². The quantitative estimate of drug-likeness (QED) is 0.753. The van der Waals surface area contributed by atoms with E-state index in [1.807, 2.05) is 0 Å². The minimum atomic E-state index is -1.22. The van der Waals surface area contributed by atoms with E-state index in [2.05, 4.69) is 35.7 Å². The van der Waals surface area contributed by atoms with E-state index in [1.54, 1.807) is 12.4 Å². The highest BCUT2D eigenvalue weighted by atomic mass is 28.3. The van der Waals surface area contributed by atoms with Crippen LogP contribution in [0.25, 0.3) is 0 Å². The Morgan fingerprint density at radius 1 is 1.60 bits per heavy atom. The first-order chi connectivity index (χ1) is 7.05.